The van der Waals surface area contributed by atoms with Crippen molar-refractivity contribution in [1.29, 1.82) is 0 Å². The predicted molar refractivity (Wildman–Crippen MR) is 124 cm³/mol. The second kappa shape index (κ2) is 8.59. The highest BCUT2D eigenvalue weighted by molar-refractivity contribution is 6.31. The summed E-state index contributed by atoms with van der Waals surface area (Å²) < 4.78 is 14.4. The predicted octanol–water partition coefficient (Wildman–Crippen LogP) is 3.23. The number of fused-ring (bicyclic) bond motifs is 3. The summed E-state index contributed by atoms with van der Waals surface area (Å²) in [4.78, 5) is 33.7. The van der Waals surface area contributed by atoms with Gasteiger partial charge < -0.3 is 9.80 Å². The first-order valence-electron chi connectivity index (χ1n) is 11.3. The van der Waals surface area contributed by atoms with Gasteiger partial charge in [-0.3, -0.25) is 19.9 Å². The fraction of sp³-hybridized carbons (Fsp3) is 0.417. The molecule has 3 heterocycles. The number of carbonyl (C=O) groups excluding carboxylic acids is 2. The lowest BCUT2D eigenvalue weighted by atomic mass is 10.1. The number of nitrogens with zero attached hydrogens (tertiary/aromatic N) is 4. The lowest BCUT2D eigenvalue weighted by Crippen LogP contribution is -2.66. The molecule has 3 fully saturated rings. The molecule has 3 amide bonds. The number of rotatable bonds is 4. The zero-order chi connectivity index (χ0) is 23.3. The number of benzene rings is 2. The molecule has 2 aromatic carbocycles. The maximum absolute atomic E-state index is 14.4. The van der Waals surface area contributed by atoms with Crippen molar-refractivity contribution in [2.24, 2.45) is 0 Å². The number of halogens is 2. The molecule has 3 saturated heterocycles. The van der Waals surface area contributed by atoms with E-state index in [1.165, 1.54) is 22.6 Å². The topological polar surface area (TPSA) is 59.1 Å². The standard InChI is InChI=1S/C24H27ClFN5O2/c1-3-15-8-10-16(11-9-15)29-12-5-13-30-20-21(27-23(29)30)28(2)24(33)31(22(20)32)14-17-18(25)6-4-7-19(17)26/h4,6-11,20-21,23,27H,3,5,12-14H2,1-2H3. The number of imide groups is 1. The third kappa shape index (κ3) is 3.66. The Morgan fingerprint density at radius 1 is 1.12 bits per heavy atom. The van der Waals surface area contributed by atoms with E-state index >= 15 is 0 Å². The van der Waals surface area contributed by atoms with Crippen LogP contribution in [0.1, 0.15) is 24.5 Å². The van der Waals surface area contributed by atoms with Crippen molar-refractivity contribution in [2.45, 2.75) is 44.8 Å². The average molecular weight is 472 g/mol. The van der Waals surface area contributed by atoms with Crippen LogP contribution in [-0.4, -0.2) is 65.3 Å². The van der Waals surface area contributed by atoms with Gasteiger partial charge in [0.1, 0.15) is 24.3 Å². The molecule has 0 saturated carbocycles. The van der Waals surface area contributed by atoms with Crippen molar-refractivity contribution >= 4 is 29.2 Å². The van der Waals surface area contributed by atoms with Gasteiger partial charge in [0.2, 0.25) is 0 Å². The van der Waals surface area contributed by atoms with E-state index in [1.54, 1.807) is 13.1 Å². The molecule has 3 aliphatic heterocycles. The van der Waals surface area contributed by atoms with Gasteiger partial charge in [-0.15, -0.1) is 0 Å². The minimum atomic E-state index is -0.555. The molecule has 5 rings (SSSR count). The molecule has 174 valence electrons. The van der Waals surface area contributed by atoms with Crippen LogP contribution >= 0.6 is 11.6 Å². The van der Waals surface area contributed by atoms with Gasteiger partial charge in [0.25, 0.3) is 5.91 Å². The zero-order valence-corrected chi connectivity index (χ0v) is 19.4. The maximum Gasteiger partial charge on any atom is 0.328 e. The molecule has 33 heavy (non-hydrogen) atoms. The number of aryl methyl sites for hydroxylation is 1. The summed E-state index contributed by atoms with van der Waals surface area (Å²) in [5.41, 5.74) is 2.49. The molecule has 3 atom stereocenters. The zero-order valence-electron chi connectivity index (χ0n) is 18.7. The summed E-state index contributed by atoms with van der Waals surface area (Å²) in [5.74, 6) is -0.865. The largest absolute Gasteiger partial charge is 0.343 e. The second-order valence-corrected chi connectivity index (χ2v) is 9.16. The van der Waals surface area contributed by atoms with Crippen molar-refractivity contribution in [2.75, 3.05) is 25.0 Å². The molecule has 0 aromatic heterocycles. The Morgan fingerprint density at radius 3 is 2.58 bits per heavy atom. The Morgan fingerprint density at radius 2 is 1.88 bits per heavy atom. The molecular formula is C24H27ClFN5O2. The minimum Gasteiger partial charge on any atom is -0.343 e. The van der Waals surface area contributed by atoms with Gasteiger partial charge in [0, 0.05) is 36.4 Å². The molecular weight excluding hydrogens is 445 g/mol. The number of urea groups is 1. The molecule has 9 heteroatoms. The number of hydrogen-bond donors (Lipinski definition) is 1. The van der Waals surface area contributed by atoms with Crippen molar-refractivity contribution in [1.82, 2.24) is 20.0 Å². The average Bonchev–Trinajstić information content (AvgIpc) is 3.22. The fourth-order valence-electron chi connectivity index (χ4n) is 5.09. The van der Waals surface area contributed by atoms with Crippen molar-refractivity contribution in [3.63, 3.8) is 0 Å². The van der Waals surface area contributed by atoms with Crippen molar-refractivity contribution in [3.05, 3.63) is 64.4 Å². The van der Waals surface area contributed by atoms with Crippen molar-refractivity contribution in [3.8, 4) is 0 Å². The van der Waals surface area contributed by atoms with Gasteiger partial charge in [0.05, 0.1) is 6.54 Å². The third-order valence-electron chi connectivity index (χ3n) is 6.92. The van der Waals surface area contributed by atoms with E-state index in [1.807, 2.05) is 0 Å². The molecule has 0 aliphatic carbocycles. The number of carbonyl (C=O) groups is 2. The van der Waals surface area contributed by atoms with Crippen LogP contribution in [0.4, 0.5) is 14.9 Å². The van der Waals surface area contributed by atoms with Gasteiger partial charge in [-0.1, -0.05) is 36.7 Å². The number of nitrogens with one attached hydrogen (secondary N) is 1. The molecule has 2 aromatic rings. The highest BCUT2D eigenvalue weighted by Crippen LogP contribution is 2.34. The fourth-order valence-corrected chi connectivity index (χ4v) is 5.32. The molecule has 3 unspecified atom stereocenters. The van der Waals surface area contributed by atoms with Crippen LogP contribution in [0, 0.1) is 5.82 Å². The normalized spacial score (nSPS) is 25.5. The molecule has 7 nitrogen and oxygen atoms in total. The van der Waals surface area contributed by atoms with Crippen LogP contribution in [0.2, 0.25) is 5.02 Å². The van der Waals surface area contributed by atoms with Gasteiger partial charge in [-0.2, -0.15) is 0 Å². The second-order valence-electron chi connectivity index (χ2n) is 8.75. The summed E-state index contributed by atoms with van der Waals surface area (Å²) in [6.45, 7) is 3.50. The number of likely N-dealkylation sites (N-methyl/N-ethyl adjacent to an activating group) is 1. The number of amides is 3. The van der Waals surface area contributed by atoms with Crippen LogP contribution in [0.25, 0.3) is 0 Å². The Kier molecular flexibility index (Phi) is 5.76. The van der Waals surface area contributed by atoms with E-state index < -0.39 is 24.1 Å². The number of anilines is 1. The van der Waals surface area contributed by atoms with E-state index in [0.29, 0.717) is 0 Å². The number of hydrogen-bond acceptors (Lipinski definition) is 5. The lowest BCUT2D eigenvalue weighted by molar-refractivity contribution is -0.139. The minimum absolute atomic E-state index is 0.145. The summed E-state index contributed by atoms with van der Waals surface area (Å²) >= 11 is 6.18. The van der Waals surface area contributed by atoms with Gasteiger partial charge in [-0.25, -0.2) is 9.18 Å². The first kappa shape index (κ1) is 22.1. The van der Waals surface area contributed by atoms with E-state index in [2.05, 4.69) is 46.3 Å². The van der Waals surface area contributed by atoms with Gasteiger partial charge in [-0.05, 0) is 42.7 Å². The van der Waals surface area contributed by atoms with Crippen molar-refractivity contribution < 1.29 is 14.0 Å². The molecule has 3 aliphatic rings. The van der Waals surface area contributed by atoms with E-state index in [-0.39, 0.29) is 29.3 Å². The van der Waals surface area contributed by atoms with Crippen LogP contribution in [-0.2, 0) is 17.8 Å². The summed E-state index contributed by atoms with van der Waals surface area (Å²) in [6.07, 6.45) is 1.19. The molecule has 1 N–H and O–H groups in total. The summed E-state index contributed by atoms with van der Waals surface area (Å²) in [5, 5.41) is 3.70. The van der Waals surface area contributed by atoms with E-state index in [4.69, 9.17) is 11.6 Å². The first-order valence-corrected chi connectivity index (χ1v) is 11.7. The SMILES string of the molecule is CCc1ccc(N2CCCN3C4C(=O)N(Cc5c(F)cccc5Cl)C(=O)N(C)C4NC23)cc1. The summed E-state index contributed by atoms with van der Waals surface area (Å²) in [6, 6.07) is 11.8. The quantitative estimate of drug-likeness (QED) is 0.742. The smallest absolute Gasteiger partial charge is 0.328 e. The van der Waals surface area contributed by atoms with Crippen LogP contribution in [0.5, 0.6) is 0 Å². The van der Waals surface area contributed by atoms with Crippen LogP contribution in [0.15, 0.2) is 42.5 Å². The Hall–Kier alpha value is -2.68. The lowest BCUT2D eigenvalue weighted by Gasteiger charge is -2.44. The first-order chi connectivity index (χ1) is 15.9. The summed E-state index contributed by atoms with van der Waals surface area (Å²) in [7, 11) is 1.67. The Balaban J connectivity index is 1.44. The third-order valence-corrected chi connectivity index (χ3v) is 7.28. The Labute approximate surface area is 197 Å². The molecule has 0 bridgehead atoms. The van der Waals surface area contributed by atoms with Gasteiger partial charge in [0.15, 0.2) is 0 Å². The highest BCUT2D eigenvalue weighted by atomic mass is 35.5. The van der Waals surface area contributed by atoms with E-state index in [0.717, 1.165) is 36.5 Å². The maximum atomic E-state index is 14.4. The Bertz CT molecular complexity index is 1060. The van der Waals surface area contributed by atoms with Gasteiger partial charge >= 0.3 is 6.03 Å². The molecule has 0 radical (unpaired) electrons. The van der Waals surface area contributed by atoms with Crippen LogP contribution in [0.3, 0.4) is 0 Å². The highest BCUT2D eigenvalue weighted by Gasteiger charge is 2.56. The molecule has 0 spiro atoms. The monoisotopic (exact) mass is 471 g/mol. The van der Waals surface area contributed by atoms with Crippen LogP contribution < -0.4 is 10.2 Å². The van der Waals surface area contributed by atoms with E-state index in [9.17, 15) is 14.0 Å².